The third-order valence-corrected chi connectivity index (χ3v) is 7.79. The summed E-state index contributed by atoms with van der Waals surface area (Å²) in [6, 6.07) is 0. The smallest absolute Gasteiger partial charge is 0.308 e. The Hall–Kier alpha value is -2.02. The van der Waals surface area contributed by atoms with Crippen molar-refractivity contribution in [3.63, 3.8) is 0 Å². The predicted molar refractivity (Wildman–Crippen MR) is 215 cm³/mol. The number of carbonyl (C=O) groups is 1. The van der Waals surface area contributed by atoms with Gasteiger partial charge in [0.2, 0.25) is 0 Å². The highest BCUT2D eigenvalue weighted by molar-refractivity contribution is 5.97. The zero-order chi connectivity index (χ0) is 35.2. The van der Waals surface area contributed by atoms with Gasteiger partial charge < -0.3 is 27.2 Å². The van der Waals surface area contributed by atoms with E-state index >= 15 is 0 Å². The predicted octanol–water partition coefficient (Wildman–Crippen LogP) is 6.73. The van der Waals surface area contributed by atoms with E-state index in [9.17, 15) is 9.90 Å². The van der Waals surface area contributed by atoms with E-state index in [4.69, 9.17) is 11.5 Å². The van der Waals surface area contributed by atoms with Crippen LogP contribution in [0.2, 0.25) is 0 Å². The van der Waals surface area contributed by atoms with Gasteiger partial charge in [0, 0.05) is 19.6 Å². The van der Waals surface area contributed by atoms with Crippen LogP contribution in [0, 0.1) is 0 Å². The van der Waals surface area contributed by atoms with Gasteiger partial charge in [-0.2, -0.15) is 0 Å². The number of aliphatic imine (C=N–C) groups is 3. The number of carboxylic acid groups (broad SMARTS) is 1. The number of rotatable bonds is 25. The van der Waals surface area contributed by atoms with Crippen molar-refractivity contribution in [3.05, 3.63) is 0 Å². The van der Waals surface area contributed by atoms with E-state index in [2.05, 4.69) is 69.3 Å². The lowest BCUT2D eigenvalue weighted by Crippen LogP contribution is -2.82. The largest absolute Gasteiger partial charge is 0.481 e. The van der Waals surface area contributed by atoms with Crippen molar-refractivity contribution in [2.45, 2.75) is 175 Å². The Labute approximate surface area is 312 Å². The summed E-state index contributed by atoms with van der Waals surface area (Å²) in [5.41, 5.74) is 11.0. The van der Waals surface area contributed by atoms with Gasteiger partial charge in [-0.1, -0.05) is 118 Å². The normalized spacial score (nSPS) is 17.9. The van der Waals surface area contributed by atoms with Gasteiger partial charge in [0.1, 0.15) is 0 Å². The second-order valence-corrected chi connectivity index (χ2v) is 13.2. The van der Waals surface area contributed by atoms with Gasteiger partial charge in [-0.25, -0.2) is 0 Å². The summed E-state index contributed by atoms with van der Waals surface area (Å²) >= 11 is 0. The van der Waals surface area contributed by atoms with Crippen molar-refractivity contribution in [1.29, 1.82) is 0 Å². The maximum atomic E-state index is 11.5. The quantitative estimate of drug-likeness (QED) is 0.0286. The van der Waals surface area contributed by atoms with Crippen molar-refractivity contribution in [2.24, 2.45) is 26.4 Å². The lowest BCUT2D eigenvalue weighted by Gasteiger charge is -2.48. The van der Waals surface area contributed by atoms with Crippen molar-refractivity contribution < 1.29 is 9.90 Å². The number of unbranched alkanes of at least 4 members (excludes halogenated alkanes) is 14. The molecule has 1 atom stereocenters. The molecule has 0 bridgehead atoms. The summed E-state index contributed by atoms with van der Waals surface area (Å²) in [5.74, 6) is -0.346. The van der Waals surface area contributed by atoms with Crippen LogP contribution in [0.4, 0.5) is 0 Å². The minimum Gasteiger partial charge on any atom is -0.481 e. The Balaban J connectivity index is -0.000000866. The maximum absolute atomic E-state index is 11.5. The first-order valence-electron chi connectivity index (χ1n) is 18.8. The highest BCUT2D eigenvalue weighted by atomic mass is 35.5. The van der Waals surface area contributed by atoms with Crippen molar-refractivity contribution in [2.75, 3.05) is 26.2 Å². The minimum atomic E-state index is -0.895. The Morgan fingerprint density at radius 1 is 0.673 bits per heavy atom. The zero-order valence-electron chi connectivity index (χ0n) is 31.9. The number of nitrogens with one attached hydrogen (secondary N) is 5. The number of guanidine groups is 3. The summed E-state index contributed by atoms with van der Waals surface area (Å²) in [6.45, 7) is 15.8. The lowest BCUT2D eigenvalue weighted by atomic mass is 10.1. The average Bonchev–Trinajstić information content (AvgIpc) is 2.99. The number of hydrogen-bond donors (Lipinski definition) is 8. The summed E-state index contributed by atoms with van der Waals surface area (Å²) in [5, 5.41) is 25.7. The molecule has 0 saturated carbocycles. The SMILES string of the molecule is CCCCCCCN=C(N)NC(N)=NCCCCCC.CCCCCCCN=C1NC(C)(C)NC(CC(=O)O)(NCCCCCC)N1.Cl.Cl. The molecule has 0 radical (unpaired) electrons. The van der Waals surface area contributed by atoms with E-state index in [0.29, 0.717) is 17.9 Å². The minimum absolute atomic E-state index is 0. The third kappa shape index (κ3) is 30.5. The van der Waals surface area contributed by atoms with E-state index in [-0.39, 0.29) is 31.2 Å². The average molecular weight is 740 g/mol. The van der Waals surface area contributed by atoms with Gasteiger partial charge in [-0.05, 0) is 46.1 Å². The molecule has 0 aromatic carbocycles. The van der Waals surface area contributed by atoms with E-state index < -0.39 is 17.4 Å². The summed E-state index contributed by atoms with van der Waals surface area (Å²) < 4.78 is 0. The van der Waals surface area contributed by atoms with E-state index in [1.165, 1.54) is 83.5 Å². The Morgan fingerprint density at radius 2 is 1.10 bits per heavy atom. The number of aliphatic carboxylic acids is 1. The van der Waals surface area contributed by atoms with Crippen LogP contribution in [0.25, 0.3) is 0 Å². The molecule has 1 saturated heterocycles. The van der Waals surface area contributed by atoms with Crippen LogP contribution in [0.15, 0.2) is 15.0 Å². The molecule has 0 spiro atoms. The van der Waals surface area contributed by atoms with Crippen LogP contribution >= 0.6 is 24.8 Å². The number of hydrogen-bond acceptors (Lipinski definition) is 6. The third-order valence-electron chi connectivity index (χ3n) is 7.79. The molecule has 10 N–H and O–H groups in total. The van der Waals surface area contributed by atoms with E-state index in [1.807, 2.05) is 13.8 Å². The van der Waals surface area contributed by atoms with Gasteiger partial charge in [-0.15, -0.1) is 24.8 Å². The fraction of sp³-hybridized carbons (Fsp3) is 0.886. The first kappa shape index (κ1) is 51.4. The molecular formula is C35H76Cl2N10O2. The van der Waals surface area contributed by atoms with E-state index in [0.717, 1.165) is 58.3 Å². The number of nitrogens with zero attached hydrogens (tertiary/aromatic N) is 3. The van der Waals surface area contributed by atoms with Crippen LogP contribution < -0.4 is 38.1 Å². The van der Waals surface area contributed by atoms with Crippen molar-refractivity contribution in [3.8, 4) is 0 Å². The summed E-state index contributed by atoms with van der Waals surface area (Å²) in [4.78, 5) is 24.6. The van der Waals surface area contributed by atoms with Crippen LogP contribution in [0.5, 0.6) is 0 Å². The molecule has 0 aromatic heterocycles. The Morgan fingerprint density at radius 3 is 1.57 bits per heavy atom. The molecule has 1 rings (SSSR count). The fourth-order valence-electron chi connectivity index (χ4n) is 5.29. The van der Waals surface area contributed by atoms with Crippen molar-refractivity contribution in [1.82, 2.24) is 26.6 Å². The molecule has 0 amide bonds. The second-order valence-electron chi connectivity index (χ2n) is 13.2. The van der Waals surface area contributed by atoms with Gasteiger partial charge >= 0.3 is 5.97 Å². The molecule has 1 unspecified atom stereocenters. The molecule has 49 heavy (non-hydrogen) atoms. The fourth-order valence-corrected chi connectivity index (χ4v) is 5.29. The molecule has 14 heteroatoms. The molecule has 1 aliphatic heterocycles. The van der Waals surface area contributed by atoms with Gasteiger partial charge in [-0.3, -0.25) is 35.7 Å². The van der Waals surface area contributed by atoms with Crippen LogP contribution in [0.1, 0.15) is 164 Å². The molecular weight excluding hydrogens is 663 g/mol. The van der Waals surface area contributed by atoms with Gasteiger partial charge in [0.25, 0.3) is 0 Å². The van der Waals surface area contributed by atoms with Crippen molar-refractivity contribution >= 4 is 48.7 Å². The van der Waals surface area contributed by atoms with Gasteiger partial charge in [0.15, 0.2) is 23.7 Å². The molecule has 1 fully saturated rings. The molecule has 292 valence electrons. The first-order valence-corrected chi connectivity index (χ1v) is 18.8. The lowest BCUT2D eigenvalue weighted by molar-refractivity contribution is -0.139. The second kappa shape index (κ2) is 33.1. The molecule has 1 aliphatic rings. The Kier molecular flexibility index (Phi) is 34.7. The molecule has 12 nitrogen and oxygen atoms in total. The highest BCUT2D eigenvalue weighted by Gasteiger charge is 2.42. The van der Waals surface area contributed by atoms with Gasteiger partial charge in [0.05, 0.1) is 12.1 Å². The highest BCUT2D eigenvalue weighted by Crippen LogP contribution is 2.15. The summed E-state index contributed by atoms with van der Waals surface area (Å²) in [6.07, 6.45) is 21.4. The van der Waals surface area contributed by atoms with E-state index in [1.54, 1.807) is 0 Å². The number of carboxylic acids is 1. The first-order chi connectivity index (χ1) is 22.5. The molecule has 0 aliphatic carbocycles. The maximum Gasteiger partial charge on any atom is 0.308 e. The standard InChI is InChI=1S/C20H41N5O2.C15H33N5.2ClH/c1-5-7-9-11-12-14-21-18-23-19(3,4)25-20(24-18,16-17(26)27)22-15-13-10-8-6-2;1-3-5-7-9-11-13-19-15(17)20-14(16)18-12-10-8-6-4-2;;/h22,25H,5-16H2,1-4H3,(H,26,27)(H2,21,23,24);3-13H2,1-2H3,(H5,16,17,18,19,20);2*1H. The van der Waals surface area contributed by atoms with Crippen LogP contribution in [-0.2, 0) is 4.79 Å². The topological polar surface area (TPSA) is 187 Å². The number of halogens is 2. The molecule has 1 heterocycles. The zero-order valence-corrected chi connectivity index (χ0v) is 33.6. The Bertz CT molecular complexity index is 890. The molecule has 0 aromatic rings. The summed E-state index contributed by atoms with van der Waals surface area (Å²) in [7, 11) is 0. The monoisotopic (exact) mass is 739 g/mol. The van der Waals surface area contributed by atoms with Crippen LogP contribution in [0.3, 0.4) is 0 Å². The van der Waals surface area contributed by atoms with Crippen LogP contribution in [-0.4, -0.2) is 66.6 Å². The number of nitrogens with two attached hydrogens (primary N) is 2.